The van der Waals surface area contributed by atoms with E-state index in [2.05, 4.69) is 24.7 Å². The second-order valence-corrected chi connectivity index (χ2v) is 3.56. The van der Waals surface area contributed by atoms with Crippen molar-refractivity contribution in [3.63, 3.8) is 0 Å². The highest BCUT2D eigenvalue weighted by molar-refractivity contribution is 4.98. The summed E-state index contributed by atoms with van der Waals surface area (Å²) in [6, 6.07) is 0.0440. The standard InChI is InChI=1S/C9H18N2/c1-6-7-8(10)9(2,3)11(4)5/h1,8H,7,10H2,2-5H3. The van der Waals surface area contributed by atoms with Gasteiger partial charge in [-0.3, -0.25) is 0 Å². The van der Waals surface area contributed by atoms with Crippen LogP contribution in [0.1, 0.15) is 20.3 Å². The molecule has 1 unspecified atom stereocenters. The first-order chi connectivity index (χ1) is 4.92. The molecular weight excluding hydrogens is 136 g/mol. The number of rotatable bonds is 3. The van der Waals surface area contributed by atoms with Crippen LogP contribution < -0.4 is 5.73 Å². The highest BCUT2D eigenvalue weighted by Gasteiger charge is 2.27. The Morgan fingerprint density at radius 2 is 2.00 bits per heavy atom. The minimum absolute atomic E-state index is 0.0215. The van der Waals surface area contributed by atoms with E-state index in [0.29, 0.717) is 6.42 Å². The molecule has 0 saturated heterocycles. The fourth-order valence-corrected chi connectivity index (χ4v) is 0.708. The van der Waals surface area contributed by atoms with Gasteiger partial charge in [-0.2, -0.15) is 0 Å². The van der Waals surface area contributed by atoms with Gasteiger partial charge in [0.1, 0.15) is 0 Å². The van der Waals surface area contributed by atoms with Crippen molar-refractivity contribution >= 4 is 0 Å². The monoisotopic (exact) mass is 154 g/mol. The topological polar surface area (TPSA) is 29.3 Å². The van der Waals surface area contributed by atoms with Crippen LogP contribution in [0.5, 0.6) is 0 Å². The molecule has 0 spiro atoms. The third-order valence-corrected chi connectivity index (χ3v) is 2.40. The maximum atomic E-state index is 5.88. The van der Waals surface area contributed by atoms with Crippen LogP contribution >= 0.6 is 0 Å². The van der Waals surface area contributed by atoms with E-state index in [1.807, 2.05) is 14.1 Å². The molecule has 0 aliphatic carbocycles. The molecule has 0 radical (unpaired) electrons. The molecule has 64 valence electrons. The van der Waals surface area contributed by atoms with Crippen molar-refractivity contribution < 1.29 is 0 Å². The Morgan fingerprint density at radius 1 is 1.55 bits per heavy atom. The number of hydrogen-bond acceptors (Lipinski definition) is 2. The Labute approximate surface area is 69.8 Å². The lowest BCUT2D eigenvalue weighted by Gasteiger charge is -2.37. The average molecular weight is 154 g/mol. The molecule has 0 aromatic carbocycles. The van der Waals surface area contributed by atoms with Gasteiger partial charge < -0.3 is 10.6 Å². The van der Waals surface area contributed by atoms with E-state index >= 15 is 0 Å². The van der Waals surface area contributed by atoms with Gasteiger partial charge in [-0.1, -0.05) is 0 Å². The molecule has 0 saturated carbocycles. The molecule has 0 amide bonds. The van der Waals surface area contributed by atoms with Crippen LogP contribution in [-0.4, -0.2) is 30.6 Å². The average Bonchev–Trinajstić information content (AvgIpc) is 1.88. The predicted molar refractivity (Wildman–Crippen MR) is 49.2 cm³/mol. The van der Waals surface area contributed by atoms with E-state index in [1.54, 1.807) is 0 Å². The SMILES string of the molecule is C#CCC(N)C(C)(C)N(C)C. The van der Waals surface area contributed by atoms with Crippen LogP contribution in [0.2, 0.25) is 0 Å². The highest BCUT2D eigenvalue weighted by atomic mass is 15.2. The van der Waals surface area contributed by atoms with E-state index in [4.69, 9.17) is 12.2 Å². The zero-order valence-corrected chi connectivity index (χ0v) is 7.89. The van der Waals surface area contributed by atoms with Crippen LogP contribution in [0.4, 0.5) is 0 Å². The van der Waals surface area contributed by atoms with Crippen LogP contribution in [0, 0.1) is 12.3 Å². The zero-order chi connectivity index (χ0) is 9.07. The second kappa shape index (κ2) is 3.75. The molecule has 0 fully saturated rings. The molecule has 2 N–H and O–H groups in total. The van der Waals surface area contributed by atoms with E-state index < -0.39 is 0 Å². The Morgan fingerprint density at radius 3 is 2.27 bits per heavy atom. The van der Waals surface area contributed by atoms with Crippen molar-refractivity contribution in [2.75, 3.05) is 14.1 Å². The second-order valence-electron chi connectivity index (χ2n) is 3.56. The van der Waals surface area contributed by atoms with Crippen molar-refractivity contribution in [1.82, 2.24) is 4.90 Å². The molecule has 0 aromatic rings. The Balaban J connectivity index is 4.19. The lowest BCUT2D eigenvalue weighted by atomic mass is 9.92. The van der Waals surface area contributed by atoms with Gasteiger partial charge in [0, 0.05) is 18.0 Å². The first kappa shape index (κ1) is 10.5. The molecule has 0 aliphatic rings. The summed E-state index contributed by atoms with van der Waals surface area (Å²) in [4.78, 5) is 2.09. The van der Waals surface area contributed by atoms with Gasteiger partial charge in [0.15, 0.2) is 0 Å². The lowest BCUT2D eigenvalue weighted by molar-refractivity contribution is 0.160. The van der Waals surface area contributed by atoms with Gasteiger partial charge in [-0.15, -0.1) is 12.3 Å². The smallest absolute Gasteiger partial charge is 0.0331 e. The number of terminal acetylenes is 1. The van der Waals surface area contributed by atoms with Crippen molar-refractivity contribution in [1.29, 1.82) is 0 Å². The summed E-state index contributed by atoms with van der Waals surface area (Å²) < 4.78 is 0. The number of hydrogen-bond donors (Lipinski definition) is 1. The fraction of sp³-hybridized carbons (Fsp3) is 0.778. The summed E-state index contributed by atoms with van der Waals surface area (Å²) >= 11 is 0. The molecule has 1 atom stereocenters. The third-order valence-electron chi connectivity index (χ3n) is 2.40. The molecule has 0 bridgehead atoms. The van der Waals surface area contributed by atoms with Crippen LogP contribution in [0.3, 0.4) is 0 Å². The van der Waals surface area contributed by atoms with Gasteiger partial charge in [-0.25, -0.2) is 0 Å². The van der Waals surface area contributed by atoms with E-state index in [-0.39, 0.29) is 11.6 Å². The van der Waals surface area contributed by atoms with Crippen molar-refractivity contribution in [3.8, 4) is 12.3 Å². The van der Waals surface area contributed by atoms with Gasteiger partial charge in [-0.05, 0) is 27.9 Å². The van der Waals surface area contributed by atoms with Gasteiger partial charge in [0.2, 0.25) is 0 Å². The number of nitrogens with two attached hydrogens (primary N) is 1. The molecule has 2 nitrogen and oxygen atoms in total. The zero-order valence-electron chi connectivity index (χ0n) is 7.89. The first-order valence-electron chi connectivity index (χ1n) is 3.79. The van der Waals surface area contributed by atoms with E-state index in [0.717, 1.165) is 0 Å². The summed E-state index contributed by atoms with van der Waals surface area (Å²) in [5, 5.41) is 0. The minimum atomic E-state index is -0.0215. The molecule has 0 heterocycles. The third kappa shape index (κ3) is 2.53. The normalized spacial score (nSPS) is 14.6. The van der Waals surface area contributed by atoms with Crippen LogP contribution in [0.25, 0.3) is 0 Å². The predicted octanol–water partition coefficient (Wildman–Crippen LogP) is 0.677. The maximum Gasteiger partial charge on any atom is 0.0331 e. The first-order valence-corrected chi connectivity index (χ1v) is 3.79. The number of nitrogens with zero attached hydrogens (tertiary/aromatic N) is 1. The molecule has 0 rings (SSSR count). The quantitative estimate of drug-likeness (QED) is 0.606. The van der Waals surface area contributed by atoms with Crippen molar-refractivity contribution in [2.24, 2.45) is 5.73 Å². The lowest BCUT2D eigenvalue weighted by Crippen LogP contribution is -2.52. The van der Waals surface area contributed by atoms with Crippen molar-refractivity contribution in [2.45, 2.75) is 31.8 Å². The molecule has 11 heavy (non-hydrogen) atoms. The largest absolute Gasteiger partial charge is 0.325 e. The summed E-state index contributed by atoms with van der Waals surface area (Å²) in [7, 11) is 4.02. The Kier molecular flexibility index (Phi) is 3.57. The minimum Gasteiger partial charge on any atom is -0.325 e. The van der Waals surface area contributed by atoms with Gasteiger partial charge in [0.05, 0.1) is 0 Å². The Hall–Kier alpha value is -0.520. The summed E-state index contributed by atoms with van der Waals surface area (Å²) in [5.41, 5.74) is 5.86. The van der Waals surface area contributed by atoms with E-state index in [9.17, 15) is 0 Å². The molecule has 0 aliphatic heterocycles. The van der Waals surface area contributed by atoms with Crippen LogP contribution in [-0.2, 0) is 0 Å². The van der Waals surface area contributed by atoms with Crippen LogP contribution in [0.15, 0.2) is 0 Å². The molecular formula is C9H18N2. The van der Waals surface area contributed by atoms with Gasteiger partial charge in [0.25, 0.3) is 0 Å². The summed E-state index contributed by atoms with van der Waals surface area (Å²) in [6.45, 7) is 4.18. The summed E-state index contributed by atoms with van der Waals surface area (Å²) in [6.07, 6.45) is 5.81. The van der Waals surface area contributed by atoms with Gasteiger partial charge >= 0.3 is 0 Å². The summed E-state index contributed by atoms with van der Waals surface area (Å²) in [5.74, 6) is 2.58. The molecule has 2 heteroatoms. The molecule has 0 aromatic heterocycles. The fourth-order valence-electron chi connectivity index (χ4n) is 0.708. The number of likely N-dealkylation sites (N-methyl/N-ethyl adjacent to an activating group) is 1. The van der Waals surface area contributed by atoms with Crippen molar-refractivity contribution in [3.05, 3.63) is 0 Å². The van der Waals surface area contributed by atoms with E-state index in [1.165, 1.54) is 0 Å². The Bertz CT molecular complexity index is 153. The highest BCUT2D eigenvalue weighted by Crippen LogP contribution is 2.15. The maximum absolute atomic E-state index is 5.88.